The molecule has 0 atom stereocenters. The summed E-state index contributed by atoms with van der Waals surface area (Å²) < 4.78 is 5.19. The molecule has 1 N–H and O–H groups in total. The lowest BCUT2D eigenvalue weighted by Crippen LogP contribution is -2.39. The number of benzene rings is 1. The minimum Gasteiger partial charge on any atom is -0.480 e. The summed E-state index contributed by atoms with van der Waals surface area (Å²) >= 11 is 0. The third-order valence-corrected chi connectivity index (χ3v) is 2.67. The van der Waals surface area contributed by atoms with Gasteiger partial charge in [-0.05, 0) is 39.8 Å². The molecular formula is C16H18O4. The Balaban J connectivity index is 2.84. The van der Waals surface area contributed by atoms with Gasteiger partial charge in [0, 0.05) is 5.56 Å². The molecule has 0 aliphatic rings. The van der Waals surface area contributed by atoms with Gasteiger partial charge in [0.15, 0.2) is 11.0 Å². The standard InChI is InChI=1S/C16H18O4/c1-15(2,11-10-12-8-6-5-7-9-12)20-14(19)16(3,4)13(17)18/h5-9H,1-4H3,(H,17,18). The van der Waals surface area contributed by atoms with Crippen molar-refractivity contribution in [1.29, 1.82) is 0 Å². The molecule has 106 valence electrons. The van der Waals surface area contributed by atoms with Gasteiger partial charge < -0.3 is 9.84 Å². The number of aliphatic carboxylic acids is 1. The van der Waals surface area contributed by atoms with Gasteiger partial charge in [-0.15, -0.1) is 0 Å². The highest BCUT2D eigenvalue weighted by Crippen LogP contribution is 2.21. The molecule has 0 saturated carbocycles. The average molecular weight is 274 g/mol. The van der Waals surface area contributed by atoms with Gasteiger partial charge in [0.2, 0.25) is 0 Å². The third-order valence-electron chi connectivity index (χ3n) is 2.67. The monoisotopic (exact) mass is 274 g/mol. The van der Waals surface area contributed by atoms with Gasteiger partial charge in [0.25, 0.3) is 0 Å². The molecule has 4 nitrogen and oxygen atoms in total. The molecule has 1 aromatic carbocycles. The van der Waals surface area contributed by atoms with Crippen LogP contribution < -0.4 is 0 Å². The Hall–Kier alpha value is -2.28. The van der Waals surface area contributed by atoms with Gasteiger partial charge >= 0.3 is 11.9 Å². The second-order valence-corrected chi connectivity index (χ2v) is 5.45. The summed E-state index contributed by atoms with van der Waals surface area (Å²) in [6.45, 7) is 5.86. The molecule has 0 amide bonds. The number of esters is 1. The number of hydrogen-bond donors (Lipinski definition) is 1. The predicted octanol–water partition coefficient (Wildman–Crippen LogP) is 2.47. The lowest BCUT2D eigenvalue weighted by Gasteiger charge is -2.24. The second-order valence-electron chi connectivity index (χ2n) is 5.45. The van der Waals surface area contributed by atoms with Crippen LogP contribution in [0.4, 0.5) is 0 Å². The Morgan fingerprint density at radius 3 is 2.15 bits per heavy atom. The molecule has 0 aliphatic carbocycles. The molecule has 4 heteroatoms. The summed E-state index contributed by atoms with van der Waals surface area (Å²) in [5.41, 5.74) is -1.85. The first-order valence-electron chi connectivity index (χ1n) is 6.20. The highest BCUT2D eigenvalue weighted by Gasteiger charge is 2.40. The lowest BCUT2D eigenvalue weighted by molar-refractivity contribution is -0.171. The Kier molecular flexibility index (Phi) is 4.57. The molecule has 0 bridgehead atoms. The molecule has 0 aromatic heterocycles. The molecule has 0 radical (unpaired) electrons. The van der Waals surface area contributed by atoms with Crippen molar-refractivity contribution >= 4 is 11.9 Å². The molecule has 1 rings (SSSR count). The van der Waals surface area contributed by atoms with Crippen LogP contribution in [0.5, 0.6) is 0 Å². The molecule has 0 spiro atoms. The summed E-state index contributed by atoms with van der Waals surface area (Å²) in [6.07, 6.45) is 0. The lowest BCUT2D eigenvalue weighted by atomic mass is 9.94. The van der Waals surface area contributed by atoms with E-state index >= 15 is 0 Å². The van der Waals surface area contributed by atoms with E-state index in [9.17, 15) is 9.59 Å². The molecule has 0 fully saturated rings. The molecule has 0 heterocycles. The van der Waals surface area contributed by atoms with Crippen LogP contribution in [-0.4, -0.2) is 22.6 Å². The van der Waals surface area contributed by atoms with Crippen molar-refractivity contribution in [3.05, 3.63) is 35.9 Å². The molecular weight excluding hydrogens is 256 g/mol. The van der Waals surface area contributed by atoms with Crippen LogP contribution in [0.1, 0.15) is 33.3 Å². The maximum atomic E-state index is 11.9. The summed E-state index contributed by atoms with van der Waals surface area (Å²) in [5.74, 6) is 3.69. The largest absolute Gasteiger partial charge is 0.480 e. The van der Waals surface area contributed by atoms with Crippen molar-refractivity contribution in [1.82, 2.24) is 0 Å². The number of rotatable bonds is 3. The van der Waals surface area contributed by atoms with E-state index in [0.29, 0.717) is 0 Å². The minimum absolute atomic E-state index is 0.800. The Morgan fingerprint density at radius 2 is 1.65 bits per heavy atom. The van der Waals surface area contributed by atoms with E-state index in [4.69, 9.17) is 9.84 Å². The van der Waals surface area contributed by atoms with Crippen LogP contribution in [0.3, 0.4) is 0 Å². The first kappa shape index (κ1) is 15.8. The van der Waals surface area contributed by atoms with Crippen LogP contribution in [0.15, 0.2) is 30.3 Å². The fraction of sp³-hybridized carbons (Fsp3) is 0.375. The van der Waals surface area contributed by atoms with E-state index < -0.39 is 23.0 Å². The smallest absolute Gasteiger partial charge is 0.324 e. The normalized spacial score (nSPS) is 11.2. The van der Waals surface area contributed by atoms with Gasteiger partial charge in [-0.25, -0.2) is 0 Å². The van der Waals surface area contributed by atoms with Crippen LogP contribution in [-0.2, 0) is 14.3 Å². The topological polar surface area (TPSA) is 63.6 Å². The quantitative estimate of drug-likeness (QED) is 0.522. The molecule has 0 saturated heterocycles. The molecule has 0 aliphatic heterocycles. The molecule has 1 aromatic rings. The van der Waals surface area contributed by atoms with Crippen molar-refractivity contribution in [2.24, 2.45) is 5.41 Å². The summed E-state index contributed by atoms with van der Waals surface area (Å²) in [4.78, 5) is 22.9. The van der Waals surface area contributed by atoms with E-state index in [1.54, 1.807) is 13.8 Å². The molecule has 20 heavy (non-hydrogen) atoms. The van der Waals surface area contributed by atoms with E-state index in [1.807, 2.05) is 30.3 Å². The zero-order valence-electron chi connectivity index (χ0n) is 12.1. The number of ether oxygens (including phenoxy) is 1. The van der Waals surface area contributed by atoms with Crippen molar-refractivity contribution < 1.29 is 19.4 Å². The Bertz CT molecular complexity index is 559. The Morgan fingerprint density at radius 1 is 1.10 bits per heavy atom. The second kappa shape index (κ2) is 5.79. The number of carbonyl (C=O) groups is 2. The average Bonchev–Trinajstić information content (AvgIpc) is 2.37. The van der Waals surface area contributed by atoms with Gasteiger partial charge in [0.05, 0.1) is 0 Å². The fourth-order valence-corrected chi connectivity index (χ4v) is 1.22. The maximum absolute atomic E-state index is 11.9. The summed E-state index contributed by atoms with van der Waals surface area (Å²) in [5, 5.41) is 8.98. The van der Waals surface area contributed by atoms with E-state index in [2.05, 4.69) is 11.8 Å². The number of carboxylic acids is 1. The van der Waals surface area contributed by atoms with Crippen LogP contribution in [0.25, 0.3) is 0 Å². The predicted molar refractivity (Wildman–Crippen MR) is 74.9 cm³/mol. The van der Waals surface area contributed by atoms with Gasteiger partial charge in [0.1, 0.15) is 0 Å². The van der Waals surface area contributed by atoms with Crippen molar-refractivity contribution in [2.45, 2.75) is 33.3 Å². The minimum atomic E-state index is -1.59. The van der Waals surface area contributed by atoms with Crippen LogP contribution >= 0.6 is 0 Å². The van der Waals surface area contributed by atoms with Gasteiger partial charge in [-0.2, -0.15) is 0 Å². The fourth-order valence-electron chi connectivity index (χ4n) is 1.22. The highest BCUT2D eigenvalue weighted by atomic mass is 16.6. The zero-order valence-corrected chi connectivity index (χ0v) is 12.1. The number of hydrogen-bond acceptors (Lipinski definition) is 3. The van der Waals surface area contributed by atoms with Crippen molar-refractivity contribution in [3.63, 3.8) is 0 Å². The third kappa shape index (κ3) is 4.13. The first-order chi connectivity index (χ1) is 9.15. The number of carboxylic acid groups (broad SMARTS) is 1. The van der Waals surface area contributed by atoms with E-state index in [0.717, 1.165) is 5.56 Å². The van der Waals surface area contributed by atoms with Gasteiger partial charge in [-0.1, -0.05) is 30.0 Å². The van der Waals surface area contributed by atoms with Gasteiger partial charge in [-0.3, -0.25) is 9.59 Å². The van der Waals surface area contributed by atoms with Crippen molar-refractivity contribution in [2.75, 3.05) is 0 Å². The highest BCUT2D eigenvalue weighted by molar-refractivity contribution is 5.98. The first-order valence-corrected chi connectivity index (χ1v) is 6.20. The zero-order chi connectivity index (χ0) is 15.4. The summed E-state index contributed by atoms with van der Waals surface area (Å²) in [7, 11) is 0. The van der Waals surface area contributed by atoms with E-state index in [-0.39, 0.29) is 0 Å². The molecule has 0 unspecified atom stereocenters. The van der Waals surface area contributed by atoms with Crippen molar-refractivity contribution in [3.8, 4) is 11.8 Å². The SMILES string of the molecule is CC(C)(C#Cc1ccccc1)OC(=O)C(C)(C)C(=O)O. The van der Waals surface area contributed by atoms with Crippen LogP contribution in [0, 0.1) is 17.3 Å². The summed E-state index contributed by atoms with van der Waals surface area (Å²) in [6, 6.07) is 9.27. The van der Waals surface area contributed by atoms with E-state index in [1.165, 1.54) is 13.8 Å². The van der Waals surface area contributed by atoms with Crippen LogP contribution in [0.2, 0.25) is 0 Å². The maximum Gasteiger partial charge on any atom is 0.324 e. The Labute approximate surface area is 118 Å². The number of carbonyl (C=O) groups excluding carboxylic acids is 1.